The summed E-state index contributed by atoms with van der Waals surface area (Å²) < 4.78 is 0. The van der Waals surface area contributed by atoms with E-state index < -0.39 is 0 Å². The minimum absolute atomic E-state index is 0.632. The predicted molar refractivity (Wildman–Crippen MR) is 92.5 cm³/mol. The zero-order chi connectivity index (χ0) is 15.8. The van der Waals surface area contributed by atoms with Crippen molar-refractivity contribution in [2.45, 2.75) is 37.8 Å². The van der Waals surface area contributed by atoms with Gasteiger partial charge in [-0.2, -0.15) is 0 Å². The Labute approximate surface area is 139 Å². The van der Waals surface area contributed by atoms with Crippen LogP contribution in [0.1, 0.15) is 25.7 Å². The highest BCUT2D eigenvalue weighted by atomic mass is 15.3. The highest BCUT2D eigenvalue weighted by Gasteiger charge is 2.46. The molecule has 0 unspecified atom stereocenters. The summed E-state index contributed by atoms with van der Waals surface area (Å²) in [6, 6.07) is 1.45. The van der Waals surface area contributed by atoms with E-state index in [9.17, 15) is 0 Å². The molecule has 1 aromatic rings. The van der Waals surface area contributed by atoms with E-state index in [0.717, 1.165) is 23.7 Å². The Morgan fingerprint density at radius 1 is 1.09 bits per heavy atom. The van der Waals surface area contributed by atoms with Gasteiger partial charge in [0, 0.05) is 44.6 Å². The van der Waals surface area contributed by atoms with E-state index >= 15 is 0 Å². The molecule has 0 amide bonds. The molecule has 0 spiro atoms. The van der Waals surface area contributed by atoms with Gasteiger partial charge in [-0.1, -0.05) is 0 Å². The van der Waals surface area contributed by atoms with Crippen LogP contribution in [0.4, 0.5) is 5.82 Å². The molecule has 2 aliphatic heterocycles. The molecule has 0 N–H and O–H groups in total. The van der Waals surface area contributed by atoms with Gasteiger partial charge in [0.1, 0.15) is 5.82 Å². The van der Waals surface area contributed by atoms with E-state index in [4.69, 9.17) is 0 Å². The summed E-state index contributed by atoms with van der Waals surface area (Å²) in [7, 11) is 4.45. The Balaban J connectivity index is 1.41. The van der Waals surface area contributed by atoms with Gasteiger partial charge in [0.25, 0.3) is 0 Å². The highest BCUT2D eigenvalue weighted by Crippen LogP contribution is 2.42. The summed E-state index contributed by atoms with van der Waals surface area (Å²) in [6.45, 7) is 5.14. The Morgan fingerprint density at radius 2 is 1.91 bits per heavy atom. The number of fused-ring (bicyclic) bond motifs is 1. The van der Waals surface area contributed by atoms with Crippen LogP contribution >= 0.6 is 0 Å². The van der Waals surface area contributed by atoms with Gasteiger partial charge in [-0.15, -0.1) is 0 Å². The molecule has 3 atom stereocenters. The van der Waals surface area contributed by atoms with E-state index in [0.29, 0.717) is 6.04 Å². The van der Waals surface area contributed by atoms with Gasteiger partial charge in [0.15, 0.2) is 0 Å². The molecule has 3 heterocycles. The zero-order valence-corrected chi connectivity index (χ0v) is 14.4. The third-order valence-electron chi connectivity index (χ3n) is 6.46. The number of aromatic nitrogens is 2. The smallest absolute Gasteiger partial charge is 0.147 e. The predicted octanol–water partition coefficient (Wildman–Crippen LogP) is 1.72. The first-order chi connectivity index (χ1) is 11.2. The van der Waals surface area contributed by atoms with Gasteiger partial charge in [-0.05, 0) is 57.7 Å². The standard InChI is InChI=1S/C18H29N5/c1-21-9-5-15(6-10-21)23-12-14-3-4-17(16(14)13-23)22(2)18-11-19-7-8-20-18/h7-8,11,14-17H,3-6,9-10,12-13H2,1-2H3/t14-,16+,17-/m1/s1. The second-order valence-electron chi connectivity index (χ2n) is 7.73. The molecule has 0 radical (unpaired) electrons. The van der Waals surface area contributed by atoms with Crippen molar-refractivity contribution >= 4 is 5.82 Å². The maximum absolute atomic E-state index is 4.50. The van der Waals surface area contributed by atoms with Gasteiger partial charge in [-0.25, -0.2) is 4.98 Å². The highest BCUT2D eigenvalue weighted by molar-refractivity contribution is 5.36. The molecule has 0 bridgehead atoms. The van der Waals surface area contributed by atoms with Crippen LogP contribution in [-0.4, -0.2) is 72.1 Å². The van der Waals surface area contributed by atoms with Crippen molar-refractivity contribution in [1.82, 2.24) is 19.8 Å². The molecule has 3 fully saturated rings. The molecule has 5 heteroatoms. The molecule has 3 aliphatic rings. The number of nitrogens with zero attached hydrogens (tertiary/aromatic N) is 5. The molecule has 0 aromatic carbocycles. The second kappa shape index (κ2) is 6.36. The molecule has 1 aliphatic carbocycles. The van der Waals surface area contributed by atoms with E-state index in [-0.39, 0.29) is 0 Å². The lowest BCUT2D eigenvalue weighted by Gasteiger charge is -2.36. The first-order valence-corrected chi connectivity index (χ1v) is 9.14. The topological polar surface area (TPSA) is 35.5 Å². The lowest BCUT2D eigenvalue weighted by atomic mass is 9.97. The van der Waals surface area contributed by atoms with E-state index in [1.165, 1.54) is 51.9 Å². The number of piperidine rings is 1. The fraction of sp³-hybridized carbons (Fsp3) is 0.778. The van der Waals surface area contributed by atoms with Gasteiger partial charge < -0.3 is 9.80 Å². The summed E-state index contributed by atoms with van der Waals surface area (Å²) in [5.41, 5.74) is 0. The van der Waals surface area contributed by atoms with Crippen molar-refractivity contribution in [3.8, 4) is 0 Å². The Morgan fingerprint density at radius 3 is 2.65 bits per heavy atom. The molecular weight excluding hydrogens is 286 g/mol. The SMILES string of the molecule is CN1CCC(N2C[C@H]3CC[C@@H](N(C)c4cnccn4)[C@H]3C2)CC1. The number of hydrogen-bond donors (Lipinski definition) is 0. The molecule has 1 saturated carbocycles. The van der Waals surface area contributed by atoms with Crippen molar-refractivity contribution < 1.29 is 0 Å². The first-order valence-electron chi connectivity index (χ1n) is 9.14. The molecule has 5 nitrogen and oxygen atoms in total. The molecular formula is C18H29N5. The first kappa shape index (κ1) is 15.3. The summed E-state index contributed by atoms with van der Waals surface area (Å²) in [4.78, 5) is 16.4. The quantitative estimate of drug-likeness (QED) is 0.849. The summed E-state index contributed by atoms with van der Waals surface area (Å²) in [5.74, 6) is 2.72. The minimum Gasteiger partial charge on any atom is -0.355 e. The second-order valence-corrected chi connectivity index (χ2v) is 7.73. The fourth-order valence-corrected chi connectivity index (χ4v) is 5.05. The summed E-state index contributed by atoms with van der Waals surface area (Å²) in [5, 5.41) is 0. The van der Waals surface area contributed by atoms with Crippen LogP contribution in [0, 0.1) is 11.8 Å². The number of rotatable bonds is 3. The number of likely N-dealkylation sites (tertiary alicyclic amines) is 2. The Kier molecular flexibility index (Phi) is 4.24. The van der Waals surface area contributed by atoms with E-state index in [1.807, 2.05) is 6.20 Å². The zero-order valence-electron chi connectivity index (χ0n) is 14.4. The Hall–Kier alpha value is -1.20. The lowest BCUT2D eigenvalue weighted by Crippen LogP contribution is -2.44. The molecule has 4 rings (SSSR count). The molecule has 1 aromatic heterocycles. The monoisotopic (exact) mass is 315 g/mol. The van der Waals surface area contributed by atoms with Gasteiger partial charge in [-0.3, -0.25) is 9.88 Å². The summed E-state index contributed by atoms with van der Waals surface area (Å²) in [6.07, 6.45) is 10.8. The summed E-state index contributed by atoms with van der Waals surface area (Å²) >= 11 is 0. The fourth-order valence-electron chi connectivity index (χ4n) is 5.05. The van der Waals surface area contributed by atoms with Crippen LogP contribution in [0.3, 0.4) is 0 Å². The van der Waals surface area contributed by atoms with Crippen molar-refractivity contribution in [2.75, 3.05) is 45.2 Å². The average molecular weight is 315 g/mol. The third-order valence-corrected chi connectivity index (χ3v) is 6.46. The van der Waals surface area contributed by atoms with Gasteiger partial charge in [0.05, 0.1) is 6.20 Å². The van der Waals surface area contributed by atoms with Crippen molar-refractivity contribution in [3.05, 3.63) is 18.6 Å². The van der Waals surface area contributed by atoms with Crippen molar-refractivity contribution in [3.63, 3.8) is 0 Å². The van der Waals surface area contributed by atoms with E-state index in [2.05, 4.69) is 38.8 Å². The number of anilines is 1. The lowest BCUT2D eigenvalue weighted by molar-refractivity contribution is 0.134. The Bertz CT molecular complexity index is 513. The molecule has 2 saturated heterocycles. The number of hydrogen-bond acceptors (Lipinski definition) is 5. The average Bonchev–Trinajstić information content (AvgIpc) is 3.16. The van der Waals surface area contributed by atoms with Crippen LogP contribution in [0.15, 0.2) is 18.6 Å². The van der Waals surface area contributed by atoms with Crippen LogP contribution < -0.4 is 4.90 Å². The van der Waals surface area contributed by atoms with Crippen LogP contribution in [0.5, 0.6) is 0 Å². The van der Waals surface area contributed by atoms with Crippen molar-refractivity contribution in [2.24, 2.45) is 11.8 Å². The van der Waals surface area contributed by atoms with E-state index in [1.54, 1.807) is 12.4 Å². The third kappa shape index (κ3) is 2.96. The minimum atomic E-state index is 0.632. The maximum Gasteiger partial charge on any atom is 0.147 e. The van der Waals surface area contributed by atoms with Crippen LogP contribution in [0.25, 0.3) is 0 Å². The normalized spacial score (nSPS) is 33.0. The van der Waals surface area contributed by atoms with Crippen LogP contribution in [0.2, 0.25) is 0 Å². The molecule has 126 valence electrons. The van der Waals surface area contributed by atoms with Crippen molar-refractivity contribution in [1.29, 1.82) is 0 Å². The van der Waals surface area contributed by atoms with Crippen LogP contribution in [-0.2, 0) is 0 Å². The maximum atomic E-state index is 4.50. The largest absolute Gasteiger partial charge is 0.355 e. The van der Waals surface area contributed by atoms with Gasteiger partial charge in [0.2, 0.25) is 0 Å². The van der Waals surface area contributed by atoms with Gasteiger partial charge >= 0.3 is 0 Å². The molecule has 23 heavy (non-hydrogen) atoms.